The lowest BCUT2D eigenvalue weighted by atomic mass is 10.1. The number of alkyl halides is 1. The molecule has 2 nitrogen and oxygen atoms in total. The lowest BCUT2D eigenvalue weighted by molar-refractivity contribution is 0.272. The minimum Gasteiger partial charge on any atom is -0.497 e. The van der Waals surface area contributed by atoms with Gasteiger partial charge in [-0.05, 0) is 51.3 Å². The Labute approximate surface area is 110 Å². The number of hydrogen-bond acceptors (Lipinski definition) is 2. The molecule has 18 heavy (non-hydrogen) atoms. The number of benzene rings is 1. The van der Waals surface area contributed by atoms with Gasteiger partial charge in [0.15, 0.2) is 0 Å². The first-order valence-corrected chi connectivity index (χ1v) is 6.43. The smallest absolute Gasteiger partial charge is 0.118 e. The van der Waals surface area contributed by atoms with Crippen LogP contribution in [0.3, 0.4) is 0 Å². The predicted octanol–water partition coefficient (Wildman–Crippen LogP) is 3.35. The molecular formula is C15H24FNO. The van der Waals surface area contributed by atoms with Crippen molar-refractivity contribution in [2.45, 2.75) is 45.3 Å². The van der Waals surface area contributed by atoms with Crippen LogP contribution in [-0.2, 0) is 6.42 Å². The minimum atomic E-state index is -0.800. The molecule has 0 fully saturated rings. The second kappa shape index (κ2) is 6.74. The number of rotatable bonds is 6. The maximum Gasteiger partial charge on any atom is 0.118 e. The summed E-state index contributed by atoms with van der Waals surface area (Å²) in [6, 6.07) is 7.80. The Kier molecular flexibility index (Phi) is 5.60. The predicted molar refractivity (Wildman–Crippen MR) is 74.0 cm³/mol. The molecule has 0 aromatic heterocycles. The number of hydrogen-bond donors (Lipinski definition) is 1. The summed E-state index contributed by atoms with van der Waals surface area (Å²) in [7, 11) is 1.64. The topological polar surface area (TPSA) is 21.3 Å². The molecule has 1 rings (SSSR count). The van der Waals surface area contributed by atoms with Crippen LogP contribution in [0.15, 0.2) is 24.3 Å². The fourth-order valence-corrected chi connectivity index (χ4v) is 1.63. The standard InChI is InChI=1S/C15H24FNO/c1-15(2,3)17-11-13(16)8-5-12-6-9-14(18-4)10-7-12/h6-7,9-10,13,17H,5,8,11H2,1-4H3. The van der Waals surface area contributed by atoms with E-state index >= 15 is 0 Å². The van der Waals surface area contributed by atoms with Crippen molar-refractivity contribution in [1.29, 1.82) is 0 Å². The van der Waals surface area contributed by atoms with Crippen molar-refractivity contribution in [3.05, 3.63) is 29.8 Å². The zero-order valence-electron chi connectivity index (χ0n) is 11.8. The van der Waals surface area contributed by atoms with Crippen molar-refractivity contribution in [2.24, 2.45) is 0 Å². The molecule has 0 amide bonds. The molecule has 0 saturated heterocycles. The molecule has 0 aliphatic carbocycles. The van der Waals surface area contributed by atoms with Gasteiger partial charge in [-0.1, -0.05) is 12.1 Å². The SMILES string of the molecule is COc1ccc(CCC(F)CNC(C)(C)C)cc1. The van der Waals surface area contributed by atoms with Crippen LogP contribution in [0.25, 0.3) is 0 Å². The van der Waals surface area contributed by atoms with Crippen LogP contribution < -0.4 is 10.1 Å². The number of nitrogens with one attached hydrogen (secondary N) is 1. The second-order valence-corrected chi connectivity index (χ2v) is 5.61. The minimum absolute atomic E-state index is 0.0234. The maximum absolute atomic E-state index is 13.7. The summed E-state index contributed by atoms with van der Waals surface area (Å²) in [5.74, 6) is 0.838. The Morgan fingerprint density at radius 1 is 1.22 bits per heavy atom. The Morgan fingerprint density at radius 3 is 2.33 bits per heavy atom. The van der Waals surface area contributed by atoms with Crippen LogP contribution >= 0.6 is 0 Å². The average Bonchev–Trinajstić information content (AvgIpc) is 2.33. The molecule has 0 aliphatic heterocycles. The highest BCUT2D eigenvalue weighted by molar-refractivity contribution is 5.27. The highest BCUT2D eigenvalue weighted by atomic mass is 19.1. The Bertz CT molecular complexity index is 343. The summed E-state index contributed by atoms with van der Waals surface area (Å²) in [6.07, 6.45) is 0.512. The molecule has 1 N–H and O–H groups in total. The van der Waals surface area contributed by atoms with E-state index in [0.29, 0.717) is 13.0 Å². The largest absolute Gasteiger partial charge is 0.497 e. The van der Waals surface area contributed by atoms with E-state index in [-0.39, 0.29) is 5.54 Å². The highest BCUT2D eigenvalue weighted by Crippen LogP contribution is 2.14. The number of methoxy groups -OCH3 is 1. The monoisotopic (exact) mass is 253 g/mol. The van der Waals surface area contributed by atoms with E-state index in [2.05, 4.69) is 5.32 Å². The Hall–Kier alpha value is -1.09. The summed E-state index contributed by atoms with van der Waals surface area (Å²) in [6.45, 7) is 6.55. The zero-order chi connectivity index (χ0) is 13.6. The van der Waals surface area contributed by atoms with Gasteiger partial charge < -0.3 is 10.1 Å². The third-order valence-electron chi connectivity index (χ3n) is 2.76. The summed E-state index contributed by atoms with van der Waals surface area (Å²) in [5.41, 5.74) is 1.12. The van der Waals surface area contributed by atoms with E-state index in [1.165, 1.54) is 0 Å². The van der Waals surface area contributed by atoms with Gasteiger partial charge in [-0.15, -0.1) is 0 Å². The molecule has 0 aliphatic rings. The van der Waals surface area contributed by atoms with Crippen LogP contribution in [0.5, 0.6) is 5.75 Å². The van der Waals surface area contributed by atoms with Crippen molar-refractivity contribution in [3.63, 3.8) is 0 Å². The van der Waals surface area contributed by atoms with Gasteiger partial charge in [0.2, 0.25) is 0 Å². The second-order valence-electron chi connectivity index (χ2n) is 5.61. The number of halogens is 1. The van der Waals surface area contributed by atoms with Crippen LogP contribution in [0, 0.1) is 0 Å². The van der Waals surface area contributed by atoms with Gasteiger partial charge in [-0.25, -0.2) is 4.39 Å². The normalized spacial score (nSPS) is 13.4. The lowest BCUT2D eigenvalue weighted by Gasteiger charge is -2.22. The average molecular weight is 253 g/mol. The Morgan fingerprint density at radius 2 is 1.83 bits per heavy atom. The Balaban J connectivity index is 2.31. The summed E-state index contributed by atoms with van der Waals surface area (Å²) in [5, 5.41) is 3.18. The van der Waals surface area contributed by atoms with E-state index in [4.69, 9.17) is 4.74 Å². The molecule has 0 bridgehead atoms. The highest BCUT2D eigenvalue weighted by Gasteiger charge is 2.13. The third-order valence-corrected chi connectivity index (χ3v) is 2.76. The molecule has 0 heterocycles. The molecule has 1 aromatic carbocycles. The van der Waals surface area contributed by atoms with Crippen molar-refractivity contribution in [3.8, 4) is 5.75 Å². The summed E-state index contributed by atoms with van der Waals surface area (Å²) in [4.78, 5) is 0. The summed E-state index contributed by atoms with van der Waals surface area (Å²) >= 11 is 0. The van der Waals surface area contributed by atoms with Crippen molar-refractivity contribution >= 4 is 0 Å². The molecule has 102 valence electrons. The molecule has 0 saturated carbocycles. The van der Waals surface area contributed by atoms with Crippen LogP contribution in [0.2, 0.25) is 0 Å². The molecule has 3 heteroatoms. The van der Waals surface area contributed by atoms with E-state index in [0.717, 1.165) is 17.7 Å². The van der Waals surface area contributed by atoms with Gasteiger partial charge in [0, 0.05) is 12.1 Å². The quantitative estimate of drug-likeness (QED) is 0.839. The van der Waals surface area contributed by atoms with E-state index in [9.17, 15) is 4.39 Å². The van der Waals surface area contributed by atoms with Gasteiger partial charge in [-0.3, -0.25) is 0 Å². The first-order chi connectivity index (χ1) is 8.40. The van der Waals surface area contributed by atoms with Gasteiger partial charge in [0.1, 0.15) is 11.9 Å². The van der Waals surface area contributed by atoms with Crippen LogP contribution in [0.1, 0.15) is 32.8 Å². The van der Waals surface area contributed by atoms with Gasteiger partial charge in [0.05, 0.1) is 7.11 Å². The third kappa shape index (κ3) is 6.01. The maximum atomic E-state index is 13.7. The first-order valence-electron chi connectivity index (χ1n) is 6.43. The van der Waals surface area contributed by atoms with E-state index in [1.807, 2.05) is 45.0 Å². The van der Waals surface area contributed by atoms with Crippen molar-refractivity contribution in [2.75, 3.05) is 13.7 Å². The van der Waals surface area contributed by atoms with Gasteiger partial charge >= 0.3 is 0 Å². The fraction of sp³-hybridized carbons (Fsp3) is 0.600. The number of ether oxygens (including phenoxy) is 1. The lowest BCUT2D eigenvalue weighted by Crippen LogP contribution is -2.39. The first kappa shape index (κ1) is 15.0. The van der Waals surface area contributed by atoms with E-state index in [1.54, 1.807) is 7.11 Å². The molecule has 1 atom stereocenters. The van der Waals surface area contributed by atoms with Crippen LogP contribution in [-0.4, -0.2) is 25.4 Å². The number of aryl methyl sites for hydroxylation is 1. The van der Waals surface area contributed by atoms with E-state index < -0.39 is 6.17 Å². The summed E-state index contributed by atoms with van der Waals surface area (Å²) < 4.78 is 18.8. The molecule has 1 aromatic rings. The van der Waals surface area contributed by atoms with Crippen LogP contribution in [0.4, 0.5) is 4.39 Å². The van der Waals surface area contributed by atoms with Crippen molar-refractivity contribution < 1.29 is 9.13 Å². The molecule has 0 spiro atoms. The molecule has 1 unspecified atom stereocenters. The molecular weight excluding hydrogens is 229 g/mol. The molecule has 0 radical (unpaired) electrons. The zero-order valence-corrected chi connectivity index (χ0v) is 11.8. The van der Waals surface area contributed by atoms with Gasteiger partial charge in [-0.2, -0.15) is 0 Å². The fourth-order valence-electron chi connectivity index (χ4n) is 1.63. The van der Waals surface area contributed by atoms with Gasteiger partial charge in [0.25, 0.3) is 0 Å². The van der Waals surface area contributed by atoms with Crippen molar-refractivity contribution in [1.82, 2.24) is 5.32 Å².